The van der Waals surface area contributed by atoms with Crippen LogP contribution < -0.4 is 4.90 Å². The van der Waals surface area contributed by atoms with Gasteiger partial charge >= 0.3 is 0 Å². The number of ketones is 1. The first kappa shape index (κ1) is 22.9. The van der Waals surface area contributed by atoms with Crippen molar-refractivity contribution < 1.29 is 4.79 Å². The first-order valence-corrected chi connectivity index (χ1v) is 11.2. The zero-order chi connectivity index (χ0) is 20.5. The standard InChI is InChI=1S/C24H41N3O/c1-20(2)24(28)9-7-6-8-14-25(5)19-22-10-12-23(13-11-22)27-17-15-26(16-18-27)21(3)4/h10-13,20-21H,6-9,14-19H2,1-5H3. The van der Waals surface area contributed by atoms with Gasteiger partial charge < -0.3 is 9.80 Å². The Kier molecular flexibility index (Phi) is 9.46. The molecule has 0 N–H and O–H groups in total. The molecule has 0 spiro atoms. The Hall–Kier alpha value is -1.39. The van der Waals surface area contributed by atoms with Crippen molar-refractivity contribution in [3.8, 4) is 0 Å². The second-order valence-corrected chi connectivity index (χ2v) is 8.95. The minimum Gasteiger partial charge on any atom is -0.369 e. The summed E-state index contributed by atoms with van der Waals surface area (Å²) in [5.41, 5.74) is 2.73. The van der Waals surface area contributed by atoms with Crippen LogP contribution in [0.3, 0.4) is 0 Å². The molecule has 0 aromatic heterocycles. The van der Waals surface area contributed by atoms with Crippen LogP contribution in [0, 0.1) is 5.92 Å². The van der Waals surface area contributed by atoms with Crippen LogP contribution in [0.2, 0.25) is 0 Å². The summed E-state index contributed by atoms with van der Waals surface area (Å²) in [4.78, 5) is 19.1. The van der Waals surface area contributed by atoms with E-state index in [1.165, 1.54) is 17.7 Å². The summed E-state index contributed by atoms with van der Waals surface area (Å²) in [6, 6.07) is 9.78. The largest absolute Gasteiger partial charge is 0.369 e. The highest BCUT2D eigenvalue weighted by molar-refractivity contribution is 5.80. The van der Waals surface area contributed by atoms with Gasteiger partial charge in [-0.1, -0.05) is 32.4 Å². The number of carbonyl (C=O) groups excluding carboxylic acids is 1. The molecule has 1 fully saturated rings. The summed E-state index contributed by atoms with van der Waals surface area (Å²) in [7, 11) is 2.19. The monoisotopic (exact) mass is 387 g/mol. The lowest BCUT2D eigenvalue weighted by atomic mass is 10.0. The molecule has 0 bridgehead atoms. The van der Waals surface area contributed by atoms with E-state index in [1.807, 2.05) is 13.8 Å². The van der Waals surface area contributed by atoms with Gasteiger partial charge in [-0.3, -0.25) is 9.69 Å². The number of hydrogen-bond acceptors (Lipinski definition) is 4. The summed E-state index contributed by atoms with van der Waals surface area (Å²) in [5.74, 6) is 0.587. The van der Waals surface area contributed by atoms with Crippen LogP contribution in [0.1, 0.15) is 58.9 Å². The van der Waals surface area contributed by atoms with E-state index in [4.69, 9.17) is 0 Å². The molecule has 158 valence electrons. The van der Waals surface area contributed by atoms with Crippen molar-refractivity contribution in [3.05, 3.63) is 29.8 Å². The van der Waals surface area contributed by atoms with Crippen LogP contribution in [0.15, 0.2) is 24.3 Å². The van der Waals surface area contributed by atoms with Crippen LogP contribution in [0.5, 0.6) is 0 Å². The lowest BCUT2D eigenvalue weighted by Crippen LogP contribution is -2.48. The molecule has 0 aliphatic carbocycles. The normalized spacial score (nSPS) is 15.8. The average molecular weight is 388 g/mol. The van der Waals surface area contributed by atoms with Gasteiger partial charge in [-0.2, -0.15) is 0 Å². The number of carbonyl (C=O) groups is 1. The Morgan fingerprint density at radius 2 is 1.61 bits per heavy atom. The fourth-order valence-corrected chi connectivity index (χ4v) is 3.85. The molecule has 0 radical (unpaired) electrons. The van der Waals surface area contributed by atoms with E-state index in [0.717, 1.165) is 58.5 Å². The van der Waals surface area contributed by atoms with E-state index in [2.05, 4.69) is 59.9 Å². The Labute approximate surface area is 172 Å². The van der Waals surface area contributed by atoms with Crippen molar-refractivity contribution in [1.29, 1.82) is 0 Å². The molecule has 0 saturated carbocycles. The molecule has 1 aliphatic rings. The maximum atomic E-state index is 11.7. The molecule has 4 nitrogen and oxygen atoms in total. The summed E-state index contributed by atoms with van der Waals surface area (Å²) in [6.07, 6.45) is 4.09. The SMILES string of the molecule is CC(C)C(=O)CCCCCN(C)Cc1ccc(N2CCN(C(C)C)CC2)cc1. The molecule has 0 amide bonds. The van der Waals surface area contributed by atoms with Crippen LogP contribution in [0.4, 0.5) is 5.69 Å². The Balaban J connectivity index is 1.67. The molecule has 0 unspecified atom stereocenters. The topological polar surface area (TPSA) is 26.8 Å². The summed E-state index contributed by atoms with van der Waals surface area (Å²) in [6.45, 7) is 15.2. The molecule has 1 saturated heterocycles. The Morgan fingerprint density at radius 1 is 0.964 bits per heavy atom. The third kappa shape index (κ3) is 7.56. The first-order valence-electron chi connectivity index (χ1n) is 11.2. The smallest absolute Gasteiger partial charge is 0.135 e. The zero-order valence-corrected chi connectivity index (χ0v) is 18.8. The van der Waals surface area contributed by atoms with Crippen LogP contribution >= 0.6 is 0 Å². The van der Waals surface area contributed by atoms with Gasteiger partial charge in [-0.05, 0) is 58.0 Å². The first-order chi connectivity index (χ1) is 13.4. The Morgan fingerprint density at radius 3 is 2.18 bits per heavy atom. The Bertz CT molecular complexity index is 574. The maximum Gasteiger partial charge on any atom is 0.135 e. The minimum absolute atomic E-state index is 0.185. The summed E-state index contributed by atoms with van der Waals surface area (Å²) >= 11 is 0. The quantitative estimate of drug-likeness (QED) is 0.525. The number of Topliss-reactive ketones (excluding diaryl/α,β-unsaturated/α-hetero) is 1. The number of nitrogens with zero attached hydrogens (tertiary/aromatic N) is 3. The summed E-state index contributed by atoms with van der Waals surface area (Å²) < 4.78 is 0. The predicted molar refractivity (Wildman–Crippen MR) is 120 cm³/mol. The predicted octanol–water partition coefficient (Wildman–Crippen LogP) is 4.43. The zero-order valence-electron chi connectivity index (χ0n) is 18.8. The van der Waals surface area contributed by atoms with E-state index in [9.17, 15) is 4.79 Å². The molecule has 1 aromatic carbocycles. The lowest BCUT2D eigenvalue weighted by Gasteiger charge is -2.38. The molecule has 4 heteroatoms. The summed E-state index contributed by atoms with van der Waals surface area (Å²) in [5, 5.41) is 0. The molecule has 0 atom stereocenters. The average Bonchev–Trinajstić information content (AvgIpc) is 2.68. The molecule has 1 heterocycles. The highest BCUT2D eigenvalue weighted by Gasteiger charge is 2.18. The van der Waals surface area contributed by atoms with E-state index < -0.39 is 0 Å². The van der Waals surface area contributed by atoms with Gasteiger partial charge in [0.25, 0.3) is 0 Å². The second kappa shape index (κ2) is 11.6. The maximum absolute atomic E-state index is 11.7. The minimum atomic E-state index is 0.185. The lowest BCUT2D eigenvalue weighted by molar-refractivity contribution is -0.122. The molecule has 2 rings (SSSR count). The van der Waals surface area contributed by atoms with Gasteiger partial charge in [0.15, 0.2) is 0 Å². The number of hydrogen-bond donors (Lipinski definition) is 0. The van der Waals surface area contributed by atoms with E-state index in [0.29, 0.717) is 11.8 Å². The van der Waals surface area contributed by atoms with Crippen molar-refractivity contribution in [2.24, 2.45) is 5.92 Å². The fourth-order valence-electron chi connectivity index (χ4n) is 3.85. The molecule has 1 aromatic rings. The fraction of sp³-hybridized carbons (Fsp3) is 0.708. The second-order valence-electron chi connectivity index (χ2n) is 8.95. The highest BCUT2D eigenvalue weighted by Crippen LogP contribution is 2.19. The van der Waals surface area contributed by atoms with Crippen LogP contribution in [0.25, 0.3) is 0 Å². The van der Waals surface area contributed by atoms with Gasteiger partial charge in [-0.15, -0.1) is 0 Å². The van der Waals surface area contributed by atoms with Crippen LogP contribution in [-0.4, -0.2) is 61.4 Å². The molecule has 28 heavy (non-hydrogen) atoms. The van der Waals surface area contributed by atoms with Crippen molar-refractivity contribution in [3.63, 3.8) is 0 Å². The number of piperazine rings is 1. The molecule has 1 aliphatic heterocycles. The van der Waals surface area contributed by atoms with Gasteiger partial charge in [0.05, 0.1) is 0 Å². The van der Waals surface area contributed by atoms with E-state index in [1.54, 1.807) is 0 Å². The third-order valence-corrected chi connectivity index (χ3v) is 5.91. The van der Waals surface area contributed by atoms with Crippen molar-refractivity contribution in [2.75, 3.05) is 44.7 Å². The van der Waals surface area contributed by atoms with Crippen molar-refractivity contribution in [2.45, 2.75) is 66.0 Å². The number of benzene rings is 1. The van der Waals surface area contributed by atoms with E-state index >= 15 is 0 Å². The van der Waals surface area contributed by atoms with Crippen molar-refractivity contribution >= 4 is 11.5 Å². The molecular weight excluding hydrogens is 346 g/mol. The number of unbranched alkanes of at least 4 members (excludes halogenated alkanes) is 2. The van der Waals surface area contributed by atoms with Crippen LogP contribution in [-0.2, 0) is 11.3 Å². The van der Waals surface area contributed by atoms with Gasteiger partial charge in [0.1, 0.15) is 5.78 Å². The third-order valence-electron chi connectivity index (χ3n) is 5.91. The van der Waals surface area contributed by atoms with E-state index in [-0.39, 0.29) is 5.92 Å². The van der Waals surface area contributed by atoms with Gasteiger partial charge in [0, 0.05) is 56.8 Å². The van der Waals surface area contributed by atoms with Gasteiger partial charge in [0.2, 0.25) is 0 Å². The van der Waals surface area contributed by atoms with Gasteiger partial charge in [-0.25, -0.2) is 0 Å². The van der Waals surface area contributed by atoms with Crippen molar-refractivity contribution in [1.82, 2.24) is 9.80 Å². The molecular formula is C24H41N3O. The number of anilines is 1. The number of rotatable bonds is 11. The highest BCUT2D eigenvalue weighted by atomic mass is 16.1.